The molecule has 11 heavy (non-hydrogen) atoms. The zero-order valence-corrected chi connectivity index (χ0v) is 7.16. The number of carboxylic acids is 1. The zero-order valence-electron chi connectivity index (χ0n) is 7.16. The first-order valence-electron chi connectivity index (χ1n) is 3.66. The summed E-state index contributed by atoms with van der Waals surface area (Å²) >= 11 is 0. The highest BCUT2D eigenvalue weighted by atomic mass is 16.4. The van der Waals surface area contributed by atoms with Crippen LogP contribution < -0.4 is 11.1 Å². The van der Waals surface area contributed by atoms with Gasteiger partial charge in [-0.1, -0.05) is 13.8 Å². The van der Waals surface area contributed by atoms with E-state index in [2.05, 4.69) is 5.32 Å². The van der Waals surface area contributed by atoms with Gasteiger partial charge >= 0.3 is 5.97 Å². The van der Waals surface area contributed by atoms with Crippen LogP contribution in [-0.2, 0) is 4.79 Å². The summed E-state index contributed by atoms with van der Waals surface area (Å²) in [4.78, 5) is 10.5. The summed E-state index contributed by atoms with van der Waals surface area (Å²) < 4.78 is 0. The van der Waals surface area contributed by atoms with Gasteiger partial charge in [0.15, 0.2) is 0 Å². The minimum atomic E-state index is -0.895. The Morgan fingerprint density at radius 3 is 2.09 bits per heavy atom. The van der Waals surface area contributed by atoms with Crippen molar-refractivity contribution in [3.05, 3.63) is 0 Å². The molecule has 0 aromatic rings. The Balaban J connectivity index is 4.14. The van der Waals surface area contributed by atoms with E-state index in [4.69, 9.17) is 10.8 Å². The lowest BCUT2D eigenvalue weighted by atomic mass is 9.98. The Morgan fingerprint density at radius 1 is 1.55 bits per heavy atom. The molecule has 2 unspecified atom stereocenters. The van der Waals surface area contributed by atoms with Gasteiger partial charge in [0.25, 0.3) is 0 Å². The number of aliphatic carboxylic acids is 1. The molecule has 4 nitrogen and oxygen atoms in total. The molecule has 0 amide bonds. The molecule has 0 aromatic carbocycles. The average molecular weight is 160 g/mol. The third-order valence-corrected chi connectivity index (χ3v) is 1.73. The lowest BCUT2D eigenvalue weighted by molar-refractivity contribution is -0.140. The second-order valence-corrected chi connectivity index (χ2v) is 2.93. The molecule has 4 heteroatoms. The molecule has 0 aliphatic heterocycles. The summed E-state index contributed by atoms with van der Waals surface area (Å²) in [7, 11) is 1.60. The predicted molar refractivity (Wildman–Crippen MR) is 43.3 cm³/mol. The highest BCUT2D eigenvalue weighted by Crippen LogP contribution is 2.03. The van der Waals surface area contributed by atoms with Gasteiger partial charge in [-0.25, -0.2) is 0 Å². The number of hydrogen-bond donors (Lipinski definition) is 3. The first kappa shape index (κ1) is 10.4. The van der Waals surface area contributed by atoms with Gasteiger partial charge in [0.2, 0.25) is 0 Å². The molecule has 0 heterocycles. The summed E-state index contributed by atoms with van der Waals surface area (Å²) in [5, 5.41) is 11.3. The quantitative estimate of drug-likeness (QED) is 0.525. The number of nitrogens with two attached hydrogens (primary N) is 1. The highest BCUT2D eigenvalue weighted by molar-refractivity contribution is 5.74. The molecule has 4 N–H and O–H groups in total. The molecule has 0 aliphatic carbocycles. The molecule has 0 fully saturated rings. The van der Waals surface area contributed by atoms with Crippen molar-refractivity contribution in [2.75, 3.05) is 7.05 Å². The summed E-state index contributed by atoms with van der Waals surface area (Å²) in [6, 6.07) is -0.979. The lowest BCUT2D eigenvalue weighted by Crippen LogP contribution is -2.51. The van der Waals surface area contributed by atoms with Crippen molar-refractivity contribution in [3.63, 3.8) is 0 Å². The Labute approximate surface area is 66.8 Å². The van der Waals surface area contributed by atoms with Crippen LogP contribution in [0.15, 0.2) is 0 Å². The van der Waals surface area contributed by atoms with Gasteiger partial charge in [-0.15, -0.1) is 0 Å². The smallest absolute Gasteiger partial charge is 0.322 e. The molecular formula is C7H16N2O2. The normalized spacial score (nSPS) is 16.5. The van der Waals surface area contributed by atoms with Crippen LogP contribution in [0.3, 0.4) is 0 Å². The number of carboxylic acid groups (broad SMARTS) is 1. The van der Waals surface area contributed by atoms with Crippen molar-refractivity contribution < 1.29 is 9.90 Å². The first-order chi connectivity index (χ1) is 5.00. The van der Waals surface area contributed by atoms with E-state index >= 15 is 0 Å². The molecule has 66 valence electrons. The maximum absolute atomic E-state index is 10.5. The van der Waals surface area contributed by atoms with E-state index in [1.807, 2.05) is 13.8 Å². The van der Waals surface area contributed by atoms with Crippen LogP contribution in [0.1, 0.15) is 13.8 Å². The largest absolute Gasteiger partial charge is 0.480 e. The number of carbonyl (C=O) groups is 1. The van der Waals surface area contributed by atoms with E-state index in [-0.39, 0.29) is 12.0 Å². The van der Waals surface area contributed by atoms with Crippen LogP contribution in [0.2, 0.25) is 0 Å². The fraction of sp³-hybridized carbons (Fsp3) is 0.857. The fourth-order valence-electron chi connectivity index (χ4n) is 0.865. The number of hydrogen-bond acceptors (Lipinski definition) is 3. The van der Waals surface area contributed by atoms with Crippen molar-refractivity contribution >= 4 is 5.97 Å². The molecule has 0 aliphatic rings. The van der Waals surface area contributed by atoms with Crippen LogP contribution in [0.25, 0.3) is 0 Å². The maximum atomic E-state index is 10.5. The van der Waals surface area contributed by atoms with Crippen LogP contribution in [-0.4, -0.2) is 30.2 Å². The molecule has 0 spiro atoms. The molecule has 0 aromatic heterocycles. The molecule has 0 bridgehead atoms. The van der Waals surface area contributed by atoms with Crippen molar-refractivity contribution in [1.29, 1.82) is 0 Å². The Hall–Kier alpha value is -0.610. The minimum absolute atomic E-state index is 0.170. The van der Waals surface area contributed by atoms with Crippen LogP contribution in [0.5, 0.6) is 0 Å². The maximum Gasteiger partial charge on any atom is 0.322 e. The van der Waals surface area contributed by atoms with E-state index < -0.39 is 12.0 Å². The summed E-state index contributed by atoms with van der Waals surface area (Å²) in [5.41, 5.74) is 5.63. The topological polar surface area (TPSA) is 75.3 Å². The summed E-state index contributed by atoms with van der Waals surface area (Å²) in [6.45, 7) is 3.80. The average Bonchev–Trinajstić information content (AvgIpc) is 1.88. The zero-order chi connectivity index (χ0) is 9.02. The van der Waals surface area contributed by atoms with Gasteiger partial charge in [-0.05, 0) is 13.0 Å². The van der Waals surface area contributed by atoms with E-state index in [9.17, 15) is 4.79 Å². The molecule has 0 saturated carbocycles. The Kier molecular flexibility index (Phi) is 4.07. The molecule has 0 radical (unpaired) electrons. The predicted octanol–water partition coefficient (Wildman–Crippen LogP) is -0.358. The van der Waals surface area contributed by atoms with E-state index in [1.165, 1.54) is 0 Å². The Bertz CT molecular complexity index is 136. The van der Waals surface area contributed by atoms with Crippen molar-refractivity contribution in [2.24, 2.45) is 11.7 Å². The monoisotopic (exact) mass is 160 g/mol. The number of nitrogens with one attached hydrogen (secondary N) is 1. The summed E-state index contributed by atoms with van der Waals surface area (Å²) in [6.07, 6.45) is 0. The highest BCUT2D eigenvalue weighted by Gasteiger charge is 2.25. The molecule has 0 rings (SSSR count). The van der Waals surface area contributed by atoms with Crippen LogP contribution in [0, 0.1) is 5.92 Å². The summed E-state index contributed by atoms with van der Waals surface area (Å²) in [5.74, 6) is -0.725. The minimum Gasteiger partial charge on any atom is -0.480 e. The standard InChI is InChI=1S/C7H16N2O2/c1-4(2)5(8)6(9-3)7(10)11/h4-6,9H,8H2,1-3H3,(H,10,11). The fourth-order valence-corrected chi connectivity index (χ4v) is 0.865. The van der Waals surface area contributed by atoms with Crippen LogP contribution >= 0.6 is 0 Å². The van der Waals surface area contributed by atoms with Crippen LogP contribution in [0.4, 0.5) is 0 Å². The Morgan fingerprint density at radius 2 is 2.00 bits per heavy atom. The third kappa shape index (κ3) is 2.86. The van der Waals surface area contributed by atoms with E-state index in [0.717, 1.165) is 0 Å². The van der Waals surface area contributed by atoms with Gasteiger partial charge in [0.1, 0.15) is 6.04 Å². The lowest BCUT2D eigenvalue weighted by Gasteiger charge is -2.22. The molecular weight excluding hydrogens is 144 g/mol. The molecule has 0 saturated heterocycles. The third-order valence-electron chi connectivity index (χ3n) is 1.73. The number of likely N-dealkylation sites (N-methyl/N-ethyl adjacent to an activating group) is 1. The van der Waals surface area contributed by atoms with E-state index in [1.54, 1.807) is 7.05 Å². The first-order valence-corrected chi connectivity index (χ1v) is 3.66. The van der Waals surface area contributed by atoms with Gasteiger partial charge in [-0.2, -0.15) is 0 Å². The van der Waals surface area contributed by atoms with Crippen molar-refractivity contribution in [1.82, 2.24) is 5.32 Å². The SMILES string of the molecule is CNC(C(=O)O)C(N)C(C)C. The van der Waals surface area contributed by atoms with Gasteiger partial charge in [0, 0.05) is 6.04 Å². The molecule has 2 atom stereocenters. The van der Waals surface area contributed by atoms with Gasteiger partial charge in [-0.3, -0.25) is 4.79 Å². The number of rotatable bonds is 4. The second kappa shape index (κ2) is 4.31. The second-order valence-electron chi connectivity index (χ2n) is 2.93. The van der Waals surface area contributed by atoms with E-state index in [0.29, 0.717) is 0 Å². The van der Waals surface area contributed by atoms with Gasteiger partial charge < -0.3 is 16.2 Å². The van der Waals surface area contributed by atoms with Gasteiger partial charge in [0.05, 0.1) is 0 Å². The van der Waals surface area contributed by atoms with Crippen molar-refractivity contribution in [2.45, 2.75) is 25.9 Å². The van der Waals surface area contributed by atoms with Crippen molar-refractivity contribution in [3.8, 4) is 0 Å².